The average Bonchev–Trinajstić information content (AvgIpc) is 3.30. The zero-order valence-corrected chi connectivity index (χ0v) is 28.3. The minimum absolute atomic E-state index is 0.000444. The first kappa shape index (κ1) is 32.6. The molecule has 1 unspecified atom stereocenters. The molecule has 10 atom stereocenters. The predicted molar refractivity (Wildman–Crippen MR) is 170 cm³/mol. The molecule has 0 bridgehead atoms. The molecule has 5 rings (SSSR count). The second kappa shape index (κ2) is 9.84. The van der Waals surface area contributed by atoms with E-state index in [1.165, 1.54) is 0 Å². The SMILES string of the molecule is C=C(CC(C)(C)C(=O)O)O[C@H]1CC[C@]2(C)[C@H]3CCC4(N)[C@H]5[C@H](C(=C)C)CC[C@]5(C(=O)O)CC[C@@]4(C)[C@]3(C)CC[C@H]2C1(C)C. The van der Waals surface area contributed by atoms with Crippen molar-refractivity contribution < 1.29 is 24.5 Å². The predicted octanol–water partition coefficient (Wildman–Crippen LogP) is 8.21. The third-order valence-electron chi connectivity index (χ3n) is 15.2. The number of carbonyl (C=O) groups is 2. The van der Waals surface area contributed by atoms with Crippen molar-refractivity contribution >= 4 is 11.9 Å². The first-order valence-electron chi connectivity index (χ1n) is 16.9. The topological polar surface area (TPSA) is 110 Å². The van der Waals surface area contributed by atoms with E-state index in [-0.39, 0.29) is 39.6 Å². The van der Waals surface area contributed by atoms with Gasteiger partial charge in [-0.15, -0.1) is 0 Å². The van der Waals surface area contributed by atoms with Gasteiger partial charge in [0.05, 0.1) is 16.6 Å². The summed E-state index contributed by atoms with van der Waals surface area (Å²) in [6, 6.07) is 0. The molecule has 5 aliphatic rings. The van der Waals surface area contributed by atoms with Gasteiger partial charge < -0.3 is 20.7 Å². The van der Waals surface area contributed by atoms with E-state index in [2.05, 4.69) is 54.7 Å². The van der Waals surface area contributed by atoms with Crippen molar-refractivity contribution in [2.75, 3.05) is 0 Å². The summed E-state index contributed by atoms with van der Waals surface area (Å²) in [5.41, 5.74) is 6.55. The van der Waals surface area contributed by atoms with Crippen LogP contribution in [0.3, 0.4) is 0 Å². The summed E-state index contributed by atoms with van der Waals surface area (Å²) in [4.78, 5) is 24.7. The molecule has 5 aliphatic carbocycles. The highest BCUT2D eigenvalue weighted by molar-refractivity contribution is 5.76. The molecule has 5 saturated carbocycles. The van der Waals surface area contributed by atoms with Gasteiger partial charge in [-0.1, -0.05) is 53.3 Å². The molecular weight excluding hydrogens is 538 g/mol. The van der Waals surface area contributed by atoms with Gasteiger partial charge in [-0.2, -0.15) is 0 Å². The van der Waals surface area contributed by atoms with Crippen molar-refractivity contribution in [3.63, 3.8) is 0 Å². The highest BCUT2D eigenvalue weighted by Crippen LogP contribution is 2.78. The molecule has 43 heavy (non-hydrogen) atoms. The lowest BCUT2D eigenvalue weighted by Gasteiger charge is -2.75. The summed E-state index contributed by atoms with van der Waals surface area (Å²) in [7, 11) is 0. The van der Waals surface area contributed by atoms with Crippen LogP contribution in [-0.4, -0.2) is 33.8 Å². The lowest BCUT2D eigenvalue weighted by molar-refractivity contribution is -0.255. The van der Waals surface area contributed by atoms with Crippen LogP contribution in [0.15, 0.2) is 24.5 Å². The van der Waals surface area contributed by atoms with Gasteiger partial charge in [0.1, 0.15) is 6.10 Å². The van der Waals surface area contributed by atoms with Crippen LogP contribution in [0, 0.1) is 56.2 Å². The highest BCUT2D eigenvalue weighted by atomic mass is 16.5. The zero-order valence-electron chi connectivity index (χ0n) is 28.3. The summed E-state index contributed by atoms with van der Waals surface area (Å²) in [6.07, 6.45) is 9.55. The Labute approximate surface area is 260 Å². The van der Waals surface area contributed by atoms with E-state index in [0.717, 1.165) is 56.9 Å². The Hall–Kier alpha value is -1.82. The Morgan fingerprint density at radius 1 is 0.884 bits per heavy atom. The van der Waals surface area contributed by atoms with E-state index in [1.807, 2.05) is 0 Å². The molecule has 0 aromatic carbocycles. The summed E-state index contributed by atoms with van der Waals surface area (Å²) in [6.45, 7) is 26.2. The average molecular weight is 598 g/mol. The number of ether oxygens (including phenoxy) is 1. The van der Waals surface area contributed by atoms with Crippen LogP contribution in [0.5, 0.6) is 0 Å². The molecule has 0 amide bonds. The van der Waals surface area contributed by atoms with Gasteiger partial charge in [0.25, 0.3) is 0 Å². The molecule has 242 valence electrons. The van der Waals surface area contributed by atoms with Crippen LogP contribution in [0.1, 0.15) is 126 Å². The second-order valence-corrected chi connectivity index (χ2v) is 17.8. The van der Waals surface area contributed by atoms with Crippen LogP contribution in [-0.2, 0) is 14.3 Å². The van der Waals surface area contributed by atoms with Crippen molar-refractivity contribution in [3.05, 3.63) is 24.5 Å². The van der Waals surface area contributed by atoms with Gasteiger partial charge in [0.15, 0.2) is 0 Å². The molecule has 0 aliphatic heterocycles. The molecule has 0 heterocycles. The van der Waals surface area contributed by atoms with Crippen LogP contribution >= 0.6 is 0 Å². The maximum atomic E-state index is 13.0. The van der Waals surface area contributed by atoms with Gasteiger partial charge in [0.2, 0.25) is 0 Å². The Morgan fingerprint density at radius 2 is 1.51 bits per heavy atom. The number of hydrogen-bond acceptors (Lipinski definition) is 4. The fourth-order valence-electron chi connectivity index (χ4n) is 12.7. The van der Waals surface area contributed by atoms with Crippen molar-refractivity contribution in [2.45, 2.75) is 138 Å². The van der Waals surface area contributed by atoms with E-state index in [0.29, 0.717) is 36.9 Å². The minimum Gasteiger partial charge on any atom is -0.495 e. The quantitative estimate of drug-likeness (QED) is 0.202. The Bertz CT molecular complexity index is 1220. The van der Waals surface area contributed by atoms with Gasteiger partial charge in [-0.05, 0) is 125 Å². The van der Waals surface area contributed by atoms with Gasteiger partial charge in [-0.3, -0.25) is 9.59 Å². The van der Waals surface area contributed by atoms with Crippen LogP contribution in [0.25, 0.3) is 0 Å². The van der Waals surface area contributed by atoms with E-state index in [4.69, 9.17) is 10.5 Å². The van der Waals surface area contributed by atoms with Crippen molar-refractivity contribution in [1.82, 2.24) is 0 Å². The van der Waals surface area contributed by atoms with Gasteiger partial charge >= 0.3 is 11.9 Å². The van der Waals surface area contributed by atoms with Crippen LogP contribution in [0.4, 0.5) is 0 Å². The number of aliphatic carboxylic acids is 2. The lowest BCUT2D eigenvalue weighted by atomic mass is 9.30. The fraction of sp³-hybridized carbons (Fsp3) is 0.838. The summed E-state index contributed by atoms with van der Waals surface area (Å²) < 4.78 is 6.54. The monoisotopic (exact) mass is 597 g/mol. The molecule has 0 radical (unpaired) electrons. The largest absolute Gasteiger partial charge is 0.495 e. The summed E-state index contributed by atoms with van der Waals surface area (Å²) in [5.74, 6) is 0.137. The number of nitrogens with two attached hydrogens (primary N) is 1. The molecular formula is C37H59NO5. The van der Waals surface area contributed by atoms with Crippen molar-refractivity contribution in [1.29, 1.82) is 0 Å². The summed E-state index contributed by atoms with van der Waals surface area (Å²) in [5, 5.41) is 20.3. The third-order valence-corrected chi connectivity index (χ3v) is 15.2. The minimum atomic E-state index is -0.913. The molecule has 0 saturated heterocycles. The van der Waals surface area contributed by atoms with Gasteiger partial charge in [0, 0.05) is 17.4 Å². The van der Waals surface area contributed by atoms with E-state index in [9.17, 15) is 19.8 Å². The Balaban J connectivity index is 1.46. The first-order valence-corrected chi connectivity index (χ1v) is 16.9. The van der Waals surface area contributed by atoms with Crippen molar-refractivity contribution in [3.8, 4) is 0 Å². The zero-order chi connectivity index (χ0) is 32.2. The van der Waals surface area contributed by atoms with Crippen molar-refractivity contribution in [2.24, 2.45) is 61.9 Å². The number of carboxylic acid groups (broad SMARTS) is 2. The normalized spacial score (nSPS) is 46.9. The molecule has 0 aromatic rings. The maximum Gasteiger partial charge on any atom is 0.310 e. The number of carboxylic acids is 2. The number of allylic oxidation sites excluding steroid dienone is 2. The molecule has 0 spiro atoms. The fourth-order valence-corrected chi connectivity index (χ4v) is 12.7. The molecule has 6 nitrogen and oxygen atoms in total. The third kappa shape index (κ3) is 4.19. The van der Waals surface area contributed by atoms with E-state index < -0.39 is 28.3 Å². The molecule has 4 N–H and O–H groups in total. The number of fused-ring (bicyclic) bond motifs is 7. The molecule has 5 fully saturated rings. The van der Waals surface area contributed by atoms with Gasteiger partial charge in [-0.25, -0.2) is 0 Å². The summed E-state index contributed by atoms with van der Waals surface area (Å²) >= 11 is 0. The number of rotatable bonds is 7. The van der Waals surface area contributed by atoms with E-state index in [1.54, 1.807) is 13.8 Å². The molecule has 6 heteroatoms. The Kier molecular flexibility index (Phi) is 7.45. The lowest BCUT2D eigenvalue weighted by Crippen LogP contribution is -2.77. The maximum absolute atomic E-state index is 13.0. The van der Waals surface area contributed by atoms with E-state index >= 15 is 0 Å². The van der Waals surface area contributed by atoms with Crippen LogP contribution in [0.2, 0.25) is 0 Å². The molecule has 0 aromatic heterocycles. The standard InChI is InChI=1S/C37H59NO5/c1-22(2)24-11-17-36(30(41)42)20-19-35(10)34(9)16-12-25-32(6,7)27(43-23(3)21-31(4,5)29(39)40)14-15-33(25,8)26(34)13-18-37(35,38)28(24)36/h24-28H,1,3,11-21,38H2,2,4-10H3,(H,39,40)(H,41,42)/t24-,25-,26+,27-,28-,33-,34+,35-,36-,37?/m0/s1. The number of hydrogen-bond donors (Lipinski definition) is 3. The second-order valence-electron chi connectivity index (χ2n) is 17.8. The Morgan fingerprint density at radius 3 is 2.09 bits per heavy atom. The highest BCUT2D eigenvalue weighted by Gasteiger charge is 2.76. The first-order chi connectivity index (χ1) is 19.6. The van der Waals surface area contributed by atoms with Crippen LogP contribution < -0.4 is 5.73 Å². The smallest absolute Gasteiger partial charge is 0.310 e.